The fourth-order valence-electron chi connectivity index (χ4n) is 3.39. The summed E-state index contributed by atoms with van der Waals surface area (Å²) in [6.07, 6.45) is -0.479. The monoisotopic (exact) mass is 513 g/mol. The van der Waals surface area contributed by atoms with Gasteiger partial charge in [-0.25, -0.2) is 4.79 Å². The minimum Gasteiger partial charge on any atom is -0.508 e. The maximum absolute atomic E-state index is 12.8. The van der Waals surface area contributed by atoms with E-state index in [2.05, 4.69) is 16.0 Å². The van der Waals surface area contributed by atoms with Gasteiger partial charge in [0.05, 0.1) is 12.5 Å². The fraction of sp³-hybridized carbons (Fsp3) is 0.320. The molecular weight excluding hydrogens is 482 g/mol. The summed E-state index contributed by atoms with van der Waals surface area (Å²) in [7, 11) is 0. The van der Waals surface area contributed by atoms with Crippen molar-refractivity contribution in [3.05, 3.63) is 65.7 Å². The SMILES string of the molecule is CC(NC(=O)C(N)Cc1ccccc1)C(=O)NC(CC(N)=O)C(=O)NC(Cc1ccc(O)cc1)C(=O)O. The summed E-state index contributed by atoms with van der Waals surface area (Å²) in [4.78, 5) is 61.1. The molecule has 2 aromatic rings. The van der Waals surface area contributed by atoms with Crippen molar-refractivity contribution in [3.63, 3.8) is 0 Å². The molecule has 0 heterocycles. The minimum absolute atomic E-state index is 0.00821. The summed E-state index contributed by atoms with van der Waals surface area (Å²) >= 11 is 0. The lowest BCUT2D eigenvalue weighted by Gasteiger charge is -2.23. The molecule has 2 aromatic carbocycles. The molecular formula is C25H31N5O7. The summed E-state index contributed by atoms with van der Waals surface area (Å²) in [6.45, 7) is 1.37. The molecule has 0 saturated carbocycles. The Hall–Kier alpha value is -4.45. The van der Waals surface area contributed by atoms with Crippen LogP contribution in [0.15, 0.2) is 54.6 Å². The van der Waals surface area contributed by atoms with E-state index in [4.69, 9.17) is 11.5 Å². The van der Waals surface area contributed by atoms with Crippen LogP contribution in [-0.2, 0) is 36.8 Å². The Bertz CT molecular complexity index is 1110. The third kappa shape index (κ3) is 9.61. The Morgan fingerprint density at radius 1 is 0.784 bits per heavy atom. The lowest BCUT2D eigenvalue weighted by Crippen LogP contribution is -2.57. The summed E-state index contributed by atoms with van der Waals surface area (Å²) < 4.78 is 0. The van der Waals surface area contributed by atoms with Gasteiger partial charge in [-0.1, -0.05) is 42.5 Å². The number of carbonyl (C=O) groups is 5. The molecule has 4 unspecified atom stereocenters. The van der Waals surface area contributed by atoms with Crippen molar-refractivity contribution in [1.82, 2.24) is 16.0 Å². The van der Waals surface area contributed by atoms with Gasteiger partial charge in [-0.2, -0.15) is 0 Å². The van der Waals surface area contributed by atoms with E-state index in [1.54, 1.807) is 12.1 Å². The zero-order valence-corrected chi connectivity index (χ0v) is 20.2. The predicted octanol–water partition coefficient (Wildman–Crippen LogP) is -1.06. The number of hydrogen-bond acceptors (Lipinski definition) is 7. The first-order valence-electron chi connectivity index (χ1n) is 11.5. The molecule has 37 heavy (non-hydrogen) atoms. The molecule has 9 N–H and O–H groups in total. The molecule has 0 aliphatic heterocycles. The number of rotatable bonds is 13. The Morgan fingerprint density at radius 2 is 1.35 bits per heavy atom. The van der Waals surface area contributed by atoms with Crippen LogP contribution in [0.3, 0.4) is 0 Å². The molecule has 0 aliphatic rings. The molecule has 0 aromatic heterocycles. The van der Waals surface area contributed by atoms with Crippen LogP contribution in [0.2, 0.25) is 0 Å². The van der Waals surface area contributed by atoms with Crippen LogP contribution in [0.25, 0.3) is 0 Å². The maximum atomic E-state index is 12.8. The second-order valence-electron chi connectivity index (χ2n) is 8.53. The molecule has 0 aliphatic carbocycles. The Morgan fingerprint density at radius 3 is 1.92 bits per heavy atom. The average molecular weight is 514 g/mol. The number of benzene rings is 2. The molecule has 2 rings (SSSR count). The molecule has 0 bridgehead atoms. The van der Waals surface area contributed by atoms with Gasteiger partial charge >= 0.3 is 5.97 Å². The fourth-order valence-corrected chi connectivity index (χ4v) is 3.39. The highest BCUT2D eigenvalue weighted by molar-refractivity contribution is 5.96. The topological polar surface area (TPSA) is 214 Å². The van der Waals surface area contributed by atoms with Gasteiger partial charge in [-0.05, 0) is 36.6 Å². The van der Waals surface area contributed by atoms with E-state index in [0.29, 0.717) is 5.56 Å². The quantitative estimate of drug-likeness (QED) is 0.175. The van der Waals surface area contributed by atoms with Crippen molar-refractivity contribution in [3.8, 4) is 5.75 Å². The van der Waals surface area contributed by atoms with Crippen LogP contribution in [0.1, 0.15) is 24.5 Å². The Labute approximate surface area is 213 Å². The number of carboxylic acids is 1. The summed E-state index contributed by atoms with van der Waals surface area (Å²) in [5.41, 5.74) is 12.5. The summed E-state index contributed by atoms with van der Waals surface area (Å²) in [6, 6.07) is 9.85. The molecule has 0 spiro atoms. The van der Waals surface area contributed by atoms with Crippen LogP contribution in [0.5, 0.6) is 5.75 Å². The summed E-state index contributed by atoms with van der Waals surface area (Å²) in [5.74, 6) is -4.61. The van der Waals surface area contributed by atoms with Crippen LogP contribution in [-0.4, -0.2) is 64.0 Å². The van der Waals surface area contributed by atoms with Crippen molar-refractivity contribution in [2.75, 3.05) is 0 Å². The van der Waals surface area contributed by atoms with E-state index >= 15 is 0 Å². The first-order valence-corrected chi connectivity index (χ1v) is 11.5. The van der Waals surface area contributed by atoms with E-state index < -0.39 is 60.2 Å². The molecule has 0 radical (unpaired) electrons. The number of phenolic OH excluding ortho intramolecular Hbond substituents is 1. The zero-order chi connectivity index (χ0) is 27.5. The molecule has 4 amide bonds. The lowest BCUT2D eigenvalue weighted by molar-refractivity contribution is -0.142. The summed E-state index contributed by atoms with van der Waals surface area (Å²) in [5, 5.41) is 26.0. The number of primary amides is 1. The first-order chi connectivity index (χ1) is 17.5. The van der Waals surface area contributed by atoms with Gasteiger partial charge in [-0.3, -0.25) is 19.2 Å². The van der Waals surface area contributed by atoms with Gasteiger partial charge in [0.15, 0.2) is 0 Å². The number of carbonyl (C=O) groups excluding carboxylic acids is 4. The van der Waals surface area contributed by atoms with E-state index in [0.717, 1.165) is 5.56 Å². The largest absolute Gasteiger partial charge is 0.508 e. The minimum atomic E-state index is -1.48. The van der Waals surface area contributed by atoms with Crippen molar-refractivity contribution in [2.45, 2.75) is 50.4 Å². The Balaban J connectivity index is 2.00. The maximum Gasteiger partial charge on any atom is 0.326 e. The number of phenols is 1. The van der Waals surface area contributed by atoms with Gasteiger partial charge < -0.3 is 37.6 Å². The van der Waals surface area contributed by atoms with Gasteiger partial charge in [0.25, 0.3) is 0 Å². The van der Waals surface area contributed by atoms with Crippen LogP contribution < -0.4 is 27.4 Å². The third-order valence-corrected chi connectivity index (χ3v) is 5.42. The number of amides is 4. The van der Waals surface area contributed by atoms with Gasteiger partial charge in [0, 0.05) is 6.42 Å². The highest BCUT2D eigenvalue weighted by atomic mass is 16.4. The standard InChI is InChI=1S/C25H31N5O7/c1-14(28-23(34)18(26)11-15-5-3-2-4-6-15)22(33)29-19(13-21(27)32)24(35)30-20(25(36)37)12-16-7-9-17(31)10-8-16/h2-10,14,18-20,31H,11-13,26H2,1H3,(H2,27,32)(H,28,34)(H,29,33)(H,30,35)(H,36,37). The second kappa shape index (κ2) is 13.6. The highest BCUT2D eigenvalue weighted by Crippen LogP contribution is 2.12. The lowest BCUT2D eigenvalue weighted by atomic mass is 10.0. The zero-order valence-electron chi connectivity index (χ0n) is 20.2. The Kier molecular flexibility index (Phi) is 10.6. The molecule has 12 heteroatoms. The third-order valence-electron chi connectivity index (χ3n) is 5.42. The van der Waals surface area contributed by atoms with Crippen molar-refractivity contribution in [2.24, 2.45) is 11.5 Å². The van der Waals surface area contributed by atoms with E-state index in [1.807, 2.05) is 18.2 Å². The number of aromatic hydroxyl groups is 1. The highest BCUT2D eigenvalue weighted by Gasteiger charge is 2.30. The van der Waals surface area contributed by atoms with Crippen molar-refractivity contribution in [1.29, 1.82) is 0 Å². The van der Waals surface area contributed by atoms with Crippen LogP contribution in [0, 0.1) is 0 Å². The number of nitrogens with one attached hydrogen (secondary N) is 3. The number of carboxylic acid groups (broad SMARTS) is 1. The van der Waals surface area contributed by atoms with Crippen LogP contribution >= 0.6 is 0 Å². The number of nitrogens with two attached hydrogens (primary N) is 2. The van der Waals surface area contributed by atoms with E-state index in [-0.39, 0.29) is 18.6 Å². The van der Waals surface area contributed by atoms with Gasteiger partial charge in [0.1, 0.15) is 23.9 Å². The first kappa shape index (κ1) is 28.8. The van der Waals surface area contributed by atoms with Gasteiger partial charge in [-0.15, -0.1) is 0 Å². The van der Waals surface area contributed by atoms with E-state index in [1.165, 1.54) is 31.2 Å². The normalized spacial score (nSPS) is 13.9. The second-order valence-corrected chi connectivity index (χ2v) is 8.53. The molecule has 198 valence electrons. The van der Waals surface area contributed by atoms with Gasteiger partial charge in [0.2, 0.25) is 23.6 Å². The van der Waals surface area contributed by atoms with Crippen molar-refractivity contribution < 1.29 is 34.2 Å². The molecule has 4 atom stereocenters. The predicted molar refractivity (Wildman–Crippen MR) is 133 cm³/mol. The van der Waals surface area contributed by atoms with Crippen molar-refractivity contribution >= 4 is 29.6 Å². The van der Waals surface area contributed by atoms with Crippen LogP contribution in [0.4, 0.5) is 0 Å². The molecule has 0 fully saturated rings. The molecule has 12 nitrogen and oxygen atoms in total. The molecule has 0 saturated heterocycles. The van der Waals surface area contributed by atoms with E-state index in [9.17, 15) is 34.2 Å². The smallest absolute Gasteiger partial charge is 0.326 e. The average Bonchev–Trinajstić information content (AvgIpc) is 2.84. The number of hydrogen-bond donors (Lipinski definition) is 7. The number of aliphatic carboxylic acids is 1.